The smallest absolute Gasteiger partial charge is 0.254 e. The van der Waals surface area contributed by atoms with Crippen LogP contribution >= 0.6 is 11.3 Å². The fourth-order valence-corrected chi connectivity index (χ4v) is 4.00. The molecule has 0 saturated heterocycles. The molecule has 0 bridgehead atoms. The van der Waals surface area contributed by atoms with Crippen LogP contribution in [0.4, 0.5) is 9.52 Å². The van der Waals surface area contributed by atoms with Crippen LogP contribution in [0.5, 0.6) is 0 Å². The second kappa shape index (κ2) is 11.7. The molecule has 1 aliphatic carbocycles. The number of hydrogen-bond acceptors (Lipinski definition) is 5. The number of carbonyl (C=O) groups is 3. The van der Waals surface area contributed by atoms with Gasteiger partial charge in [-0.05, 0) is 43.5 Å². The van der Waals surface area contributed by atoms with E-state index in [4.69, 9.17) is 0 Å². The Bertz CT molecular complexity index is 928. The van der Waals surface area contributed by atoms with Crippen LogP contribution < -0.4 is 10.6 Å². The Morgan fingerprint density at radius 2 is 1.88 bits per heavy atom. The number of rotatable bonds is 12. The molecule has 0 atom stereocenters. The molecule has 3 amide bonds. The average molecular weight is 461 g/mol. The first-order valence-corrected chi connectivity index (χ1v) is 11.9. The molecule has 1 aromatic carbocycles. The lowest BCUT2D eigenvalue weighted by Crippen LogP contribution is -2.39. The summed E-state index contributed by atoms with van der Waals surface area (Å²) in [6, 6.07) is 5.33. The quantitative estimate of drug-likeness (QED) is 0.472. The van der Waals surface area contributed by atoms with Crippen LogP contribution in [0.3, 0.4) is 0 Å². The summed E-state index contributed by atoms with van der Waals surface area (Å²) in [7, 11) is 0. The van der Waals surface area contributed by atoms with Gasteiger partial charge in [0, 0.05) is 23.5 Å². The lowest BCUT2D eigenvalue weighted by Gasteiger charge is -2.21. The number of aromatic nitrogens is 1. The maximum atomic E-state index is 13.1. The molecule has 32 heavy (non-hydrogen) atoms. The lowest BCUT2D eigenvalue weighted by molar-refractivity contribution is -0.120. The van der Waals surface area contributed by atoms with Crippen molar-refractivity contribution in [1.82, 2.24) is 15.2 Å². The van der Waals surface area contributed by atoms with Crippen molar-refractivity contribution >= 4 is 34.2 Å². The molecule has 1 heterocycles. The van der Waals surface area contributed by atoms with E-state index in [0.29, 0.717) is 22.9 Å². The van der Waals surface area contributed by atoms with Crippen LogP contribution in [0.25, 0.3) is 0 Å². The Hall–Kier alpha value is -2.81. The van der Waals surface area contributed by atoms with E-state index in [1.54, 1.807) is 5.38 Å². The predicted molar refractivity (Wildman–Crippen MR) is 122 cm³/mol. The standard InChI is InChI=1S/C23H29FN4O3S/c1-2-3-4-5-12-25-20(29)13-18-15-32-23(26-18)27-21(30)14-28(19-10-11-19)22(31)16-6-8-17(24)9-7-16/h6-9,15,19H,2-5,10-14H2,1H3,(H,25,29)(H,26,27,30). The van der Waals surface area contributed by atoms with Gasteiger partial charge in [-0.2, -0.15) is 0 Å². The third kappa shape index (κ3) is 7.40. The zero-order chi connectivity index (χ0) is 22.9. The molecule has 0 aliphatic heterocycles. The molecular formula is C23H29FN4O3S. The zero-order valence-corrected chi connectivity index (χ0v) is 19.0. The number of nitrogens with one attached hydrogen (secondary N) is 2. The Morgan fingerprint density at radius 3 is 2.56 bits per heavy atom. The molecule has 172 valence electrons. The minimum Gasteiger partial charge on any atom is -0.356 e. The highest BCUT2D eigenvalue weighted by atomic mass is 32.1. The average Bonchev–Trinajstić information content (AvgIpc) is 3.52. The van der Waals surface area contributed by atoms with Gasteiger partial charge in [0.25, 0.3) is 5.91 Å². The third-order valence-corrected chi connectivity index (χ3v) is 5.95. The van der Waals surface area contributed by atoms with E-state index in [2.05, 4.69) is 22.5 Å². The molecule has 0 spiro atoms. The van der Waals surface area contributed by atoms with Crippen LogP contribution in [-0.4, -0.2) is 46.7 Å². The van der Waals surface area contributed by atoms with Crippen molar-refractivity contribution in [3.8, 4) is 0 Å². The van der Waals surface area contributed by atoms with E-state index >= 15 is 0 Å². The number of hydrogen-bond donors (Lipinski definition) is 2. The molecule has 3 rings (SSSR count). The van der Waals surface area contributed by atoms with E-state index in [0.717, 1.165) is 32.1 Å². The first-order valence-electron chi connectivity index (χ1n) is 11.0. The van der Waals surface area contributed by atoms with Crippen LogP contribution in [0.1, 0.15) is 61.5 Å². The normalized spacial score (nSPS) is 12.9. The number of carbonyl (C=O) groups excluding carboxylic acids is 3. The number of nitrogens with zero attached hydrogens (tertiary/aromatic N) is 2. The van der Waals surface area contributed by atoms with Gasteiger partial charge in [-0.15, -0.1) is 11.3 Å². The van der Waals surface area contributed by atoms with Crippen molar-refractivity contribution in [1.29, 1.82) is 0 Å². The molecule has 1 aliphatic rings. The Balaban J connectivity index is 1.48. The molecular weight excluding hydrogens is 431 g/mol. The highest BCUT2D eigenvalue weighted by Crippen LogP contribution is 2.28. The number of benzene rings is 1. The number of thiazole rings is 1. The largest absolute Gasteiger partial charge is 0.356 e. The van der Waals surface area contributed by atoms with E-state index in [9.17, 15) is 18.8 Å². The Morgan fingerprint density at radius 1 is 1.12 bits per heavy atom. The number of amides is 3. The number of anilines is 1. The van der Waals surface area contributed by atoms with Gasteiger partial charge in [-0.1, -0.05) is 26.2 Å². The van der Waals surface area contributed by atoms with Gasteiger partial charge in [0.15, 0.2) is 5.13 Å². The monoisotopic (exact) mass is 460 g/mol. The van der Waals surface area contributed by atoms with Crippen molar-refractivity contribution in [2.24, 2.45) is 0 Å². The summed E-state index contributed by atoms with van der Waals surface area (Å²) in [5.74, 6) is -1.15. The molecule has 0 unspecified atom stereocenters. The third-order valence-electron chi connectivity index (χ3n) is 5.15. The summed E-state index contributed by atoms with van der Waals surface area (Å²) in [6.45, 7) is 2.70. The molecule has 1 aromatic heterocycles. The Kier molecular flexibility index (Phi) is 8.72. The predicted octanol–water partition coefficient (Wildman–Crippen LogP) is 3.76. The summed E-state index contributed by atoms with van der Waals surface area (Å²) in [4.78, 5) is 43.1. The fourth-order valence-electron chi connectivity index (χ4n) is 3.28. The van der Waals surface area contributed by atoms with Crippen LogP contribution in [0.15, 0.2) is 29.6 Å². The van der Waals surface area contributed by atoms with Crippen LogP contribution in [0.2, 0.25) is 0 Å². The molecule has 1 fully saturated rings. The van der Waals surface area contributed by atoms with Crippen LogP contribution in [-0.2, 0) is 16.0 Å². The second-order valence-electron chi connectivity index (χ2n) is 7.95. The molecule has 0 radical (unpaired) electrons. The van der Waals surface area contributed by atoms with Crippen LogP contribution in [0, 0.1) is 5.82 Å². The minimum absolute atomic E-state index is 0.0196. The Labute approximate surface area is 191 Å². The number of unbranched alkanes of at least 4 members (excludes halogenated alkanes) is 3. The van der Waals surface area contributed by atoms with Crippen molar-refractivity contribution in [3.05, 3.63) is 46.7 Å². The first-order chi connectivity index (χ1) is 15.5. The van der Waals surface area contributed by atoms with Gasteiger partial charge < -0.3 is 15.5 Å². The maximum Gasteiger partial charge on any atom is 0.254 e. The molecule has 2 N–H and O–H groups in total. The van der Waals surface area contributed by atoms with Gasteiger partial charge in [-0.3, -0.25) is 14.4 Å². The molecule has 1 saturated carbocycles. The summed E-state index contributed by atoms with van der Waals surface area (Å²) in [6.07, 6.45) is 6.23. The van der Waals surface area contributed by atoms with Crippen molar-refractivity contribution in [3.63, 3.8) is 0 Å². The number of halogens is 1. The lowest BCUT2D eigenvalue weighted by atomic mass is 10.2. The van der Waals surface area contributed by atoms with Gasteiger partial charge in [-0.25, -0.2) is 9.37 Å². The highest BCUT2D eigenvalue weighted by Gasteiger charge is 2.34. The minimum atomic E-state index is -0.415. The van der Waals surface area contributed by atoms with E-state index in [-0.39, 0.29) is 36.7 Å². The van der Waals surface area contributed by atoms with Crippen molar-refractivity contribution in [2.45, 2.75) is 57.9 Å². The highest BCUT2D eigenvalue weighted by molar-refractivity contribution is 7.13. The SMILES string of the molecule is CCCCCCNC(=O)Cc1csc(NC(=O)CN(C(=O)c2ccc(F)cc2)C2CC2)n1. The fraction of sp³-hybridized carbons (Fsp3) is 0.478. The van der Waals surface area contributed by atoms with E-state index in [1.165, 1.54) is 46.9 Å². The van der Waals surface area contributed by atoms with Gasteiger partial charge >= 0.3 is 0 Å². The summed E-state index contributed by atoms with van der Waals surface area (Å²) in [5.41, 5.74) is 0.945. The van der Waals surface area contributed by atoms with E-state index < -0.39 is 5.82 Å². The van der Waals surface area contributed by atoms with Crippen molar-refractivity contribution in [2.75, 3.05) is 18.4 Å². The molecule has 9 heteroatoms. The van der Waals surface area contributed by atoms with Crippen molar-refractivity contribution < 1.29 is 18.8 Å². The van der Waals surface area contributed by atoms with Gasteiger partial charge in [0.1, 0.15) is 12.4 Å². The van der Waals surface area contributed by atoms with Gasteiger partial charge in [0.05, 0.1) is 12.1 Å². The molecule has 2 aromatic rings. The van der Waals surface area contributed by atoms with E-state index in [1.807, 2.05) is 0 Å². The topological polar surface area (TPSA) is 91.4 Å². The summed E-state index contributed by atoms with van der Waals surface area (Å²) < 4.78 is 13.1. The molecule has 7 nitrogen and oxygen atoms in total. The summed E-state index contributed by atoms with van der Waals surface area (Å²) in [5, 5.41) is 7.74. The zero-order valence-electron chi connectivity index (χ0n) is 18.2. The summed E-state index contributed by atoms with van der Waals surface area (Å²) >= 11 is 1.24. The first kappa shape index (κ1) is 23.8. The van der Waals surface area contributed by atoms with Gasteiger partial charge in [0.2, 0.25) is 11.8 Å². The maximum absolute atomic E-state index is 13.1. The second-order valence-corrected chi connectivity index (χ2v) is 8.81.